The number of anilines is 1. The van der Waals surface area contributed by atoms with Crippen molar-refractivity contribution in [3.63, 3.8) is 0 Å². The maximum Gasteiger partial charge on any atom is 0.240 e. The first-order chi connectivity index (χ1) is 9.24. The molecule has 0 fully saturated rings. The molecule has 0 saturated heterocycles. The van der Waals surface area contributed by atoms with E-state index in [0.717, 1.165) is 19.4 Å². The molecule has 3 N–H and O–H groups in total. The van der Waals surface area contributed by atoms with E-state index in [-0.39, 0.29) is 10.6 Å². The van der Waals surface area contributed by atoms with Crippen molar-refractivity contribution < 1.29 is 8.42 Å². The Hall–Kier alpha value is -0.820. The molecule has 0 atom stereocenters. The fraction of sp³-hybridized carbons (Fsp3) is 0.538. The van der Waals surface area contributed by atoms with Crippen LogP contribution in [0.5, 0.6) is 0 Å². The molecular weight excluding hydrogens is 298 g/mol. The Morgan fingerprint density at radius 3 is 2.55 bits per heavy atom. The molecule has 0 aromatic heterocycles. The Kier molecular flexibility index (Phi) is 6.26. The van der Waals surface area contributed by atoms with Crippen LogP contribution in [-0.2, 0) is 10.0 Å². The molecule has 0 aliphatic rings. The van der Waals surface area contributed by atoms with Gasteiger partial charge < -0.3 is 10.6 Å². The van der Waals surface area contributed by atoms with Gasteiger partial charge in [0, 0.05) is 6.54 Å². The molecule has 0 spiro atoms. The highest BCUT2D eigenvalue weighted by atomic mass is 35.5. The summed E-state index contributed by atoms with van der Waals surface area (Å²) in [4.78, 5) is 2.26. The monoisotopic (exact) mass is 319 g/mol. The van der Waals surface area contributed by atoms with Crippen LogP contribution in [0.3, 0.4) is 0 Å². The number of halogens is 1. The van der Waals surface area contributed by atoms with E-state index in [2.05, 4.69) is 9.62 Å². The van der Waals surface area contributed by atoms with Gasteiger partial charge in [0.25, 0.3) is 0 Å². The van der Waals surface area contributed by atoms with Crippen LogP contribution in [0.4, 0.5) is 5.69 Å². The molecule has 0 saturated carbocycles. The van der Waals surface area contributed by atoms with Gasteiger partial charge in [-0.05, 0) is 58.1 Å². The van der Waals surface area contributed by atoms with Gasteiger partial charge in [-0.2, -0.15) is 0 Å². The van der Waals surface area contributed by atoms with Crippen molar-refractivity contribution in [2.45, 2.75) is 24.7 Å². The van der Waals surface area contributed by atoms with E-state index in [1.165, 1.54) is 6.07 Å². The third kappa shape index (κ3) is 4.94. The third-order valence-electron chi connectivity index (χ3n) is 2.91. The zero-order valence-corrected chi connectivity index (χ0v) is 13.7. The predicted octanol–water partition coefficient (Wildman–Crippen LogP) is 1.85. The lowest BCUT2D eigenvalue weighted by molar-refractivity contribution is 0.394. The molecule has 0 radical (unpaired) electrons. The standard InChI is InChI=1S/C13H22ClN3O2S/c1-10-8-11(14)12(15)9-13(10)20(18,19)16-6-4-5-7-17(2)3/h8-9,16H,4-7,15H2,1-3H3. The number of benzene rings is 1. The average molecular weight is 320 g/mol. The van der Waals surface area contributed by atoms with Gasteiger partial charge in [0.1, 0.15) is 0 Å². The van der Waals surface area contributed by atoms with Crippen LogP contribution in [0.25, 0.3) is 0 Å². The number of nitrogens with one attached hydrogen (secondary N) is 1. The minimum Gasteiger partial charge on any atom is -0.397 e. The first-order valence-electron chi connectivity index (χ1n) is 6.44. The molecule has 1 rings (SSSR count). The highest BCUT2D eigenvalue weighted by Gasteiger charge is 2.17. The van der Waals surface area contributed by atoms with Crippen molar-refractivity contribution in [1.29, 1.82) is 0 Å². The van der Waals surface area contributed by atoms with Crippen molar-refractivity contribution >= 4 is 27.3 Å². The summed E-state index contributed by atoms with van der Waals surface area (Å²) in [6, 6.07) is 2.97. The van der Waals surface area contributed by atoms with E-state index >= 15 is 0 Å². The smallest absolute Gasteiger partial charge is 0.240 e. The minimum atomic E-state index is -3.53. The zero-order chi connectivity index (χ0) is 15.3. The Bertz CT molecular complexity index is 559. The Balaban J connectivity index is 2.68. The first-order valence-corrected chi connectivity index (χ1v) is 8.30. The molecule has 0 amide bonds. The Morgan fingerprint density at radius 2 is 1.95 bits per heavy atom. The molecule has 0 aliphatic heterocycles. The molecule has 0 aliphatic carbocycles. The van der Waals surface area contributed by atoms with Crippen LogP contribution in [0.2, 0.25) is 5.02 Å². The highest BCUT2D eigenvalue weighted by Crippen LogP contribution is 2.25. The van der Waals surface area contributed by atoms with E-state index in [0.29, 0.717) is 17.1 Å². The largest absolute Gasteiger partial charge is 0.397 e. The summed E-state index contributed by atoms with van der Waals surface area (Å²) in [6.45, 7) is 3.05. The molecule has 1 aromatic carbocycles. The maximum atomic E-state index is 12.2. The van der Waals surface area contributed by atoms with E-state index in [1.54, 1.807) is 13.0 Å². The molecule has 0 bridgehead atoms. The van der Waals surface area contributed by atoms with Crippen molar-refractivity contribution in [3.05, 3.63) is 22.7 Å². The van der Waals surface area contributed by atoms with Crippen LogP contribution in [0.15, 0.2) is 17.0 Å². The lowest BCUT2D eigenvalue weighted by Gasteiger charge is -2.12. The van der Waals surface area contributed by atoms with Gasteiger partial charge >= 0.3 is 0 Å². The number of unbranched alkanes of at least 4 members (excludes halogenated alkanes) is 1. The maximum absolute atomic E-state index is 12.2. The summed E-state index contributed by atoms with van der Waals surface area (Å²) in [5.41, 5.74) is 6.52. The summed E-state index contributed by atoms with van der Waals surface area (Å²) >= 11 is 5.87. The van der Waals surface area contributed by atoms with Gasteiger partial charge in [-0.15, -0.1) is 0 Å². The topological polar surface area (TPSA) is 75.4 Å². The van der Waals surface area contributed by atoms with Gasteiger partial charge in [0.15, 0.2) is 0 Å². The normalized spacial score (nSPS) is 12.1. The summed E-state index contributed by atoms with van der Waals surface area (Å²) < 4.78 is 27.0. The van der Waals surface area contributed by atoms with Gasteiger partial charge in [-0.3, -0.25) is 0 Å². The van der Waals surface area contributed by atoms with Crippen molar-refractivity contribution in [1.82, 2.24) is 9.62 Å². The van der Waals surface area contributed by atoms with Gasteiger partial charge in [-0.25, -0.2) is 13.1 Å². The zero-order valence-electron chi connectivity index (χ0n) is 12.1. The second-order valence-electron chi connectivity index (χ2n) is 5.05. The molecule has 0 heterocycles. The van der Waals surface area contributed by atoms with Crippen LogP contribution < -0.4 is 10.5 Å². The Labute approximate surface area is 126 Å². The second-order valence-corrected chi connectivity index (χ2v) is 7.19. The fourth-order valence-corrected chi connectivity index (χ4v) is 3.35. The average Bonchev–Trinajstić information content (AvgIpc) is 2.32. The van der Waals surface area contributed by atoms with E-state index < -0.39 is 10.0 Å². The lowest BCUT2D eigenvalue weighted by atomic mass is 10.2. The van der Waals surface area contributed by atoms with E-state index in [9.17, 15) is 8.42 Å². The first kappa shape index (κ1) is 17.2. The van der Waals surface area contributed by atoms with Crippen molar-refractivity contribution in [2.75, 3.05) is 32.9 Å². The summed E-state index contributed by atoms with van der Waals surface area (Å²) in [6.07, 6.45) is 1.73. The molecule has 1 aromatic rings. The van der Waals surface area contributed by atoms with Crippen LogP contribution in [0, 0.1) is 6.92 Å². The predicted molar refractivity (Wildman–Crippen MR) is 83.6 cm³/mol. The molecular formula is C13H22ClN3O2S. The van der Waals surface area contributed by atoms with Crippen LogP contribution in [-0.4, -0.2) is 40.5 Å². The number of nitrogen functional groups attached to an aromatic ring is 1. The van der Waals surface area contributed by atoms with Crippen molar-refractivity contribution in [2.24, 2.45) is 0 Å². The molecule has 7 heteroatoms. The van der Waals surface area contributed by atoms with Crippen molar-refractivity contribution in [3.8, 4) is 0 Å². The molecule has 114 valence electrons. The number of rotatable bonds is 7. The molecule has 5 nitrogen and oxygen atoms in total. The van der Waals surface area contributed by atoms with Gasteiger partial charge in [0.2, 0.25) is 10.0 Å². The van der Waals surface area contributed by atoms with Gasteiger partial charge in [0.05, 0.1) is 15.6 Å². The number of nitrogens with two attached hydrogens (primary N) is 1. The van der Waals surface area contributed by atoms with Gasteiger partial charge in [-0.1, -0.05) is 11.6 Å². The number of sulfonamides is 1. The Morgan fingerprint density at radius 1 is 1.30 bits per heavy atom. The number of hydrogen-bond acceptors (Lipinski definition) is 4. The summed E-state index contributed by atoms with van der Waals surface area (Å²) in [7, 11) is 0.447. The van der Waals surface area contributed by atoms with E-state index in [4.69, 9.17) is 17.3 Å². The lowest BCUT2D eigenvalue weighted by Crippen LogP contribution is -2.26. The number of aryl methyl sites for hydroxylation is 1. The molecule has 0 unspecified atom stereocenters. The molecule has 20 heavy (non-hydrogen) atoms. The van der Waals surface area contributed by atoms with Crippen LogP contribution >= 0.6 is 11.6 Å². The third-order valence-corrected chi connectivity index (χ3v) is 4.84. The fourth-order valence-electron chi connectivity index (χ4n) is 1.80. The minimum absolute atomic E-state index is 0.187. The second kappa shape index (κ2) is 7.26. The highest BCUT2D eigenvalue weighted by molar-refractivity contribution is 7.89. The van der Waals surface area contributed by atoms with E-state index in [1.807, 2.05) is 14.1 Å². The van der Waals surface area contributed by atoms with Crippen LogP contribution in [0.1, 0.15) is 18.4 Å². The summed E-state index contributed by atoms with van der Waals surface area (Å²) in [5, 5.41) is 0.368. The SMILES string of the molecule is Cc1cc(Cl)c(N)cc1S(=O)(=O)NCCCCN(C)C. The number of nitrogens with zero attached hydrogens (tertiary/aromatic N) is 1. The quantitative estimate of drug-likeness (QED) is 0.594. The number of hydrogen-bond donors (Lipinski definition) is 2. The summed E-state index contributed by atoms with van der Waals surface area (Å²) in [5.74, 6) is 0.